The number of benzene rings is 1. The van der Waals surface area contributed by atoms with Gasteiger partial charge >= 0.3 is 5.97 Å². The summed E-state index contributed by atoms with van der Waals surface area (Å²) >= 11 is 0. The van der Waals surface area contributed by atoms with Crippen LogP contribution >= 0.6 is 0 Å². The molecule has 1 unspecified atom stereocenters. The van der Waals surface area contributed by atoms with E-state index in [0.29, 0.717) is 6.54 Å². The molecule has 2 N–H and O–H groups in total. The van der Waals surface area contributed by atoms with Gasteiger partial charge in [0.1, 0.15) is 0 Å². The minimum Gasteiger partial charge on any atom is -0.481 e. The Labute approximate surface area is 105 Å². The van der Waals surface area contributed by atoms with Gasteiger partial charge in [-0.2, -0.15) is 0 Å². The van der Waals surface area contributed by atoms with Crippen LogP contribution in [0.4, 0.5) is 5.69 Å². The van der Waals surface area contributed by atoms with Crippen molar-refractivity contribution in [2.75, 3.05) is 18.0 Å². The van der Waals surface area contributed by atoms with E-state index >= 15 is 0 Å². The maximum atomic E-state index is 11.4. The van der Waals surface area contributed by atoms with Crippen LogP contribution in [0.25, 0.3) is 0 Å². The molecule has 0 radical (unpaired) electrons. The Kier molecular flexibility index (Phi) is 3.50. The highest BCUT2D eigenvalue weighted by Crippen LogP contribution is 2.20. The fourth-order valence-electron chi connectivity index (χ4n) is 2.10. The average Bonchev–Trinajstić information content (AvgIpc) is 2.32. The molecule has 96 valence electrons. The first-order valence-electron chi connectivity index (χ1n) is 5.88. The SMILES string of the molecule is Cc1ccc(N2CC(=O)NCC2CC(=O)O)cc1. The van der Waals surface area contributed by atoms with Gasteiger partial charge in [0.15, 0.2) is 0 Å². The lowest BCUT2D eigenvalue weighted by molar-refractivity contribution is -0.138. The number of anilines is 1. The molecular formula is C13H16N2O3. The quantitative estimate of drug-likeness (QED) is 0.829. The number of hydrogen-bond donors (Lipinski definition) is 2. The summed E-state index contributed by atoms with van der Waals surface area (Å²) in [6.45, 7) is 2.57. The van der Waals surface area contributed by atoms with Gasteiger partial charge in [-0.25, -0.2) is 0 Å². The van der Waals surface area contributed by atoms with E-state index in [9.17, 15) is 9.59 Å². The average molecular weight is 248 g/mol. The lowest BCUT2D eigenvalue weighted by atomic mass is 10.1. The Bertz CT molecular complexity index is 456. The lowest BCUT2D eigenvalue weighted by Crippen LogP contribution is -2.55. The summed E-state index contributed by atoms with van der Waals surface area (Å²) in [4.78, 5) is 24.1. The summed E-state index contributed by atoms with van der Waals surface area (Å²) in [6, 6.07) is 7.56. The molecule has 18 heavy (non-hydrogen) atoms. The van der Waals surface area contributed by atoms with Crippen LogP contribution in [0.1, 0.15) is 12.0 Å². The van der Waals surface area contributed by atoms with Crippen LogP contribution in [0, 0.1) is 6.92 Å². The third-order valence-corrected chi connectivity index (χ3v) is 3.07. The van der Waals surface area contributed by atoms with Crippen molar-refractivity contribution in [3.05, 3.63) is 29.8 Å². The molecule has 0 bridgehead atoms. The number of carbonyl (C=O) groups is 2. The number of aryl methyl sites for hydroxylation is 1. The van der Waals surface area contributed by atoms with E-state index in [2.05, 4.69) is 5.32 Å². The normalized spacial score (nSPS) is 19.5. The first kappa shape index (κ1) is 12.4. The minimum absolute atomic E-state index is 0.0220. The maximum Gasteiger partial charge on any atom is 0.305 e. The fraction of sp³-hybridized carbons (Fsp3) is 0.385. The molecule has 1 aromatic rings. The highest BCUT2D eigenvalue weighted by Gasteiger charge is 2.28. The van der Waals surface area contributed by atoms with Crippen LogP contribution in [0.3, 0.4) is 0 Å². The Morgan fingerprint density at radius 2 is 2.11 bits per heavy atom. The first-order chi connectivity index (χ1) is 8.56. The van der Waals surface area contributed by atoms with Crippen molar-refractivity contribution in [2.24, 2.45) is 0 Å². The molecule has 0 saturated carbocycles. The van der Waals surface area contributed by atoms with E-state index in [1.54, 1.807) is 0 Å². The molecule has 0 aliphatic carbocycles. The zero-order valence-electron chi connectivity index (χ0n) is 10.2. The minimum atomic E-state index is -0.853. The van der Waals surface area contributed by atoms with Crippen molar-refractivity contribution < 1.29 is 14.7 Å². The van der Waals surface area contributed by atoms with Gasteiger partial charge in [0, 0.05) is 12.2 Å². The smallest absolute Gasteiger partial charge is 0.305 e. The third-order valence-electron chi connectivity index (χ3n) is 3.07. The molecule has 1 amide bonds. The Morgan fingerprint density at radius 3 is 2.72 bits per heavy atom. The molecule has 2 rings (SSSR count). The molecule has 5 heteroatoms. The number of carbonyl (C=O) groups excluding carboxylic acids is 1. The molecule has 1 aliphatic heterocycles. The molecular weight excluding hydrogens is 232 g/mol. The monoisotopic (exact) mass is 248 g/mol. The van der Waals surface area contributed by atoms with E-state index < -0.39 is 5.97 Å². The van der Waals surface area contributed by atoms with Crippen LogP contribution in [0.5, 0.6) is 0 Å². The van der Waals surface area contributed by atoms with Crippen LogP contribution in [-0.4, -0.2) is 36.1 Å². The Hall–Kier alpha value is -2.04. The number of rotatable bonds is 3. The molecule has 0 spiro atoms. The molecule has 1 atom stereocenters. The number of hydrogen-bond acceptors (Lipinski definition) is 3. The molecule has 1 aromatic carbocycles. The third kappa shape index (κ3) is 2.80. The predicted molar refractivity (Wildman–Crippen MR) is 67.6 cm³/mol. The number of nitrogens with zero attached hydrogens (tertiary/aromatic N) is 1. The summed E-state index contributed by atoms with van der Waals surface area (Å²) in [5, 5.41) is 11.6. The van der Waals surface area contributed by atoms with Crippen LogP contribution in [0.2, 0.25) is 0 Å². The highest BCUT2D eigenvalue weighted by atomic mass is 16.4. The van der Waals surface area contributed by atoms with Crippen LogP contribution < -0.4 is 10.2 Å². The summed E-state index contributed by atoms with van der Waals surface area (Å²) < 4.78 is 0. The van der Waals surface area contributed by atoms with E-state index in [-0.39, 0.29) is 24.9 Å². The van der Waals surface area contributed by atoms with Gasteiger partial charge < -0.3 is 15.3 Å². The Balaban J connectivity index is 2.21. The van der Waals surface area contributed by atoms with Gasteiger partial charge in [-0.1, -0.05) is 17.7 Å². The zero-order valence-corrected chi connectivity index (χ0v) is 10.2. The molecule has 1 aliphatic rings. The van der Waals surface area contributed by atoms with E-state index in [1.165, 1.54) is 0 Å². The molecule has 1 fully saturated rings. The second-order valence-electron chi connectivity index (χ2n) is 4.52. The maximum absolute atomic E-state index is 11.4. The van der Waals surface area contributed by atoms with Gasteiger partial charge in [-0.15, -0.1) is 0 Å². The summed E-state index contributed by atoms with van der Waals surface area (Å²) in [7, 11) is 0. The van der Waals surface area contributed by atoms with Crippen LogP contribution in [0.15, 0.2) is 24.3 Å². The second kappa shape index (κ2) is 5.08. The number of amides is 1. The van der Waals surface area contributed by atoms with Gasteiger partial charge in [0.05, 0.1) is 19.0 Å². The van der Waals surface area contributed by atoms with Crippen molar-refractivity contribution in [2.45, 2.75) is 19.4 Å². The lowest BCUT2D eigenvalue weighted by Gasteiger charge is -2.36. The Morgan fingerprint density at radius 1 is 1.44 bits per heavy atom. The molecule has 0 aromatic heterocycles. The molecule has 1 heterocycles. The number of carboxylic acids is 1. The number of piperazine rings is 1. The van der Waals surface area contributed by atoms with Crippen molar-refractivity contribution in [3.8, 4) is 0 Å². The first-order valence-corrected chi connectivity index (χ1v) is 5.88. The summed E-state index contributed by atoms with van der Waals surface area (Å²) in [5.74, 6) is -0.925. The van der Waals surface area contributed by atoms with Gasteiger partial charge in [-0.3, -0.25) is 9.59 Å². The van der Waals surface area contributed by atoms with Crippen molar-refractivity contribution in [1.82, 2.24) is 5.32 Å². The predicted octanol–water partition coefficient (Wildman–Crippen LogP) is 0.775. The van der Waals surface area contributed by atoms with Crippen molar-refractivity contribution in [1.29, 1.82) is 0 Å². The van der Waals surface area contributed by atoms with E-state index in [4.69, 9.17) is 5.11 Å². The van der Waals surface area contributed by atoms with Gasteiger partial charge in [0.25, 0.3) is 0 Å². The zero-order chi connectivity index (χ0) is 13.1. The topological polar surface area (TPSA) is 69.6 Å². The molecule has 5 nitrogen and oxygen atoms in total. The number of nitrogens with one attached hydrogen (secondary N) is 1. The highest BCUT2D eigenvalue weighted by molar-refractivity contribution is 5.83. The summed E-state index contributed by atoms with van der Waals surface area (Å²) in [6.07, 6.45) is 0.0220. The van der Waals surface area contributed by atoms with Crippen LogP contribution in [-0.2, 0) is 9.59 Å². The second-order valence-corrected chi connectivity index (χ2v) is 4.52. The standard InChI is InChI=1S/C13H16N2O3/c1-9-2-4-10(5-3-9)15-8-12(16)14-7-11(15)6-13(17)18/h2-5,11H,6-8H2,1H3,(H,14,16)(H,17,18). The number of aliphatic carboxylic acids is 1. The van der Waals surface area contributed by atoms with Gasteiger partial charge in [0.2, 0.25) is 5.91 Å². The molecule has 1 saturated heterocycles. The van der Waals surface area contributed by atoms with Crippen molar-refractivity contribution in [3.63, 3.8) is 0 Å². The largest absolute Gasteiger partial charge is 0.481 e. The van der Waals surface area contributed by atoms with E-state index in [1.807, 2.05) is 36.1 Å². The fourth-order valence-corrected chi connectivity index (χ4v) is 2.10. The number of carboxylic acid groups (broad SMARTS) is 1. The van der Waals surface area contributed by atoms with E-state index in [0.717, 1.165) is 11.3 Å². The summed E-state index contributed by atoms with van der Waals surface area (Å²) in [5.41, 5.74) is 2.02. The van der Waals surface area contributed by atoms with Gasteiger partial charge in [-0.05, 0) is 19.1 Å². The van der Waals surface area contributed by atoms with Crippen molar-refractivity contribution >= 4 is 17.6 Å².